The molecular weight excluding hydrogens is 1030 g/mol. The topological polar surface area (TPSA) is 285 Å². The zero-order valence-corrected chi connectivity index (χ0v) is 53.9. The molecule has 8 N–H and O–H groups in total. The lowest BCUT2D eigenvalue weighted by Crippen LogP contribution is -2.62. The van der Waals surface area contributed by atoms with Crippen molar-refractivity contribution in [3.05, 3.63) is 0 Å². The molecule has 4 rings (SSSR count). The molecule has 0 aromatic heterocycles. The molecule has 22 heteroatoms. The van der Waals surface area contributed by atoms with Gasteiger partial charge in [0.05, 0.1) is 26.2 Å². The molecule has 4 aliphatic heterocycles. The Morgan fingerprint density at radius 2 is 0.450 bits per heavy atom. The van der Waals surface area contributed by atoms with Gasteiger partial charge in [0.25, 0.3) is 0 Å². The zero-order chi connectivity index (χ0) is 63.1. The molecule has 0 aliphatic carbocycles. The maximum Gasteiger partial charge on any atom is 0.317 e. The number of rotatable bonds is 15. The van der Waals surface area contributed by atoms with Crippen LogP contribution in [0.25, 0.3) is 0 Å². The maximum atomic E-state index is 11.1. The van der Waals surface area contributed by atoms with Crippen LogP contribution in [0.4, 0.5) is 0 Å². The number of hydrogen-bond acceptors (Lipinski definition) is 14. The van der Waals surface area contributed by atoms with Crippen molar-refractivity contribution < 1.29 is 58.8 Å². The van der Waals surface area contributed by atoms with Gasteiger partial charge >= 0.3 is 23.9 Å². The van der Waals surface area contributed by atoms with E-state index in [9.17, 15) is 38.4 Å². The third-order valence-electron chi connectivity index (χ3n) is 17.0. The molecule has 4 fully saturated rings. The fourth-order valence-electron chi connectivity index (χ4n) is 12.5. The first kappa shape index (κ1) is 75.5. The molecule has 0 bridgehead atoms. The Kier molecular flexibility index (Phi) is 28.5. The number of likely N-dealkylation sites (tertiary alicyclic amines) is 4. The number of hydrogen-bond donors (Lipinski definition) is 8. The van der Waals surface area contributed by atoms with Crippen LogP contribution in [0.5, 0.6) is 0 Å². The standard InChI is InChI=1S/4C12H24N2O.C10H16N2O8/c4*1-9(15)13-10-7-11(2,3)14(6)12(4,5)8-10;13-7(14)3-11(4-8(15)16)1-2-12(5-9(17)18)6-10(19)20/h4*10H,7-8H2,1-6H3,(H,13,15);1-6H2,(H,13,14)(H,15,16)(H,17,18)(H,19,20). The first-order chi connectivity index (χ1) is 35.8. The van der Waals surface area contributed by atoms with E-state index >= 15 is 0 Å². The molecule has 4 aliphatic rings. The second-order valence-corrected chi connectivity index (χ2v) is 28.0. The van der Waals surface area contributed by atoms with Crippen molar-refractivity contribution in [3.63, 3.8) is 0 Å². The van der Waals surface area contributed by atoms with Crippen molar-refractivity contribution in [1.82, 2.24) is 50.7 Å². The van der Waals surface area contributed by atoms with E-state index in [1.165, 1.54) is 0 Å². The van der Waals surface area contributed by atoms with Crippen LogP contribution in [0, 0.1) is 0 Å². The highest BCUT2D eigenvalue weighted by molar-refractivity contribution is 5.75. The van der Waals surface area contributed by atoms with E-state index < -0.39 is 50.1 Å². The normalized spacial score (nSPS) is 22.4. The second-order valence-electron chi connectivity index (χ2n) is 28.0. The van der Waals surface area contributed by atoms with Gasteiger partial charge in [-0.05, 0) is 190 Å². The average Bonchev–Trinajstić information content (AvgIpc) is 3.20. The summed E-state index contributed by atoms with van der Waals surface area (Å²) in [4.78, 5) is 98.4. The van der Waals surface area contributed by atoms with Crippen LogP contribution in [-0.2, 0) is 38.4 Å². The minimum Gasteiger partial charge on any atom is -0.480 e. The number of amides is 4. The number of nitrogens with zero attached hydrogens (tertiary/aromatic N) is 6. The van der Waals surface area contributed by atoms with Gasteiger partial charge in [0, 0.05) is 109 Å². The Hall–Kier alpha value is -4.48. The highest BCUT2D eigenvalue weighted by Crippen LogP contribution is 2.40. The summed E-state index contributed by atoms with van der Waals surface area (Å²) in [6.07, 6.45) is 8.16. The predicted molar refractivity (Wildman–Crippen MR) is 314 cm³/mol. The van der Waals surface area contributed by atoms with E-state index in [2.05, 4.69) is 180 Å². The zero-order valence-electron chi connectivity index (χ0n) is 53.9. The van der Waals surface area contributed by atoms with E-state index in [0.29, 0.717) is 24.2 Å². The van der Waals surface area contributed by atoms with E-state index in [4.69, 9.17) is 20.4 Å². The molecule has 0 saturated carbocycles. The van der Waals surface area contributed by atoms with Crippen LogP contribution in [-0.4, -0.2) is 233 Å². The van der Waals surface area contributed by atoms with Crippen molar-refractivity contribution >= 4 is 47.5 Å². The van der Waals surface area contributed by atoms with Gasteiger partial charge < -0.3 is 41.7 Å². The molecule has 0 unspecified atom stereocenters. The molecule has 80 heavy (non-hydrogen) atoms. The largest absolute Gasteiger partial charge is 0.480 e. The first-order valence-electron chi connectivity index (χ1n) is 28.2. The quantitative estimate of drug-likeness (QED) is 0.107. The minimum atomic E-state index is -1.23. The number of carboxylic acids is 4. The molecule has 0 spiro atoms. The number of nitrogens with one attached hydrogen (secondary N) is 4. The van der Waals surface area contributed by atoms with E-state index in [1.807, 2.05) is 0 Å². The van der Waals surface area contributed by atoms with Gasteiger partial charge in [-0.2, -0.15) is 0 Å². The Labute approximate surface area is 481 Å². The third kappa shape index (κ3) is 26.6. The number of carboxylic acid groups (broad SMARTS) is 4. The van der Waals surface area contributed by atoms with Gasteiger partial charge in [-0.15, -0.1) is 0 Å². The van der Waals surface area contributed by atoms with Gasteiger partial charge in [-0.3, -0.25) is 67.8 Å². The van der Waals surface area contributed by atoms with Crippen LogP contribution in [0.1, 0.15) is 190 Å². The molecule has 0 aromatic carbocycles. The summed E-state index contributed by atoms with van der Waals surface area (Å²) >= 11 is 0. The number of piperidine rings is 4. The van der Waals surface area contributed by atoms with Crippen molar-refractivity contribution in [2.75, 3.05) is 67.5 Å². The van der Waals surface area contributed by atoms with Crippen molar-refractivity contribution in [2.45, 2.75) is 258 Å². The highest BCUT2D eigenvalue weighted by atomic mass is 16.4. The summed E-state index contributed by atoms with van der Waals surface area (Å²) in [5, 5.41) is 46.7. The van der Waals surface area contributed by atoms with E-state index in [0.717, 1.165) is 61.2 Å². The molecule has 4 amide bonds. The molecule has 0 atom stereocenters. The fourth-order valence-corrected chi connectivity index (χ4v) is 12.5. The van der Waals surface area contributed by atoms with Crippen molar-refractivity contribution in [2.24, 2.45) is 0 Å². The Morgan fingerprint density at radius 3 is 0.550 bits per heavy atom. The summed E-state index contributed by atoms with van der Waals surface area (Å²) in [6, 6.07) is 1.24. The van der Waals surface area contributed by atoms with Crippen LogP contribution < -0.4 is 21.3 Å². The lowest BCUT2D eigenvalue weighted by atomic mass is 9.77. The summed E-state index contributed by atoms with van der Waals surface area (Å²) in [6.45, 7) is 40.0. The van der Waals surface area contributed by atoms with Crippen molar-refractivity contribution in [3.8, 4) is 0 Å². The highest BCUT2D eigenvalue weighted by Gasteiger charge is 2.46. The lowest BCUT2D eigenvalue weighted by Gasteiger charge is -2.53. The van der Waals surface area contributed by atoms with Crippen LogP contribution in [0.2, 0.25) is 0 Å². The molecule has 0 radical (unpaired) electrons. The minimum absolute atomic E-state index is 0.0703. The van der Waals surface area contributed by atoms with Crippen LogP contribution in [0.3, 0.4) is 0 Å². The molecular formula is C58H112N10O12. The third-order valence-corrected chi connectivity index (χ3v) is 17.0. The first-order valence-corrected chi connectivity index (χ1v) is 28.2. The van der Waals surface area contributed by atoms with Gasteiger partial charge in [0.1, 0.15) is 0 Å². The molecule has 22 nitrogen and oxygen atoms in total. The number of carbonyl (C=O) groups is 8. The van der Waals surface area contributed by atoms with E-state index in [1.54, 1.807) is 27.7 Å². The monoisotopic (exact) mass is 1140 g/mol. The van der Waals surface area contributed by atoms with Crippen molar-refractivity contribution in [1.29, 1.82) is 0 Å². The van der Waals surface area contributed by atoms with Crippen LogP contribution in [0.15, 0.2) is 0 Å². The second kappa shape index (κ2) is 30.2. The Bertz CT molecular complexity index is 1730. The molecule has 466 valence electrons. The number of aliphatic carboxylic acids is 4. The van der Waals surface area contributed by atoms with Gasteiger partial charge in [0.15, 0.2) is 0 Å². The maximum absolute atomic E-state index is 11.1. The summed E-state index contributed by atoms with van der Waals surface area (Å²) in [7, 11) is 8.68. The van der Waals surface area contributed by atoms with Crippen LogP contribution >= 0.6 is 0 Å². The van der Waals surface area contributed by atoms with Gasteiger partial charge in [-0.1, -0.05) is 0 Å². The summed E-state index contributed by atoms with van der Waals surface area (Å²) in [5.74, 6) is -4.59. The Balaban J connectivity index is 0.000000979. The SMILES string of the molecule is CC(=O)NC1CC(C)(C)N(C)C(C)(C)C1.CC(=O)NC1CC(C)(C)N(C)C(C)(C)C1.CC(=O)NC1CC(C)(C)N(C)C(C)(C)C1.CC(=O)NC1CC(C)(C)N(C)C(C)(C)C1.O=C(O)CN(CCN(CC(=O)O)CC(=O)O)CC(=O)O. The summed E-state index contributed by atoms with van der Waals surface area (Å²) in [5.41, 5.74) is 1.18. The summed E-state index contributed by atoms with van der Waals surface area (Å²) < 4.78 is 0. The molecule has 4 heterocycles. The smallest absolute Gasteiger partial charge is 0.317 e. The number of carbonyl (C=O) groups excluding carboxylic acids is 4. The predicted octanol–water partition coefficient (Wildman–Crippen LogP) is 5.02. The van der Waals surface area contributed by atoms with Gasteiger partial charge in [0.2, 0.25) is 23.6 Å². The molecule has 4 saturated heterocycles. The average molecular weight is 1140 g/mol. The van der Waals surface area contributed by atoms with E-state index in [-0.39, 0.29) is 81.0 Å². The lowest BCUT2D eigenvalue weighted by molar-refractivity contribution is -0.145. The Morgan fingerprint density at radius 1 is 0.325 bits per heavy atom. The fraction of sp³-hybridized carbons (Fsp3) is 0.862. The van der Waals surface area contributed by atoms with Gasteiger partial charge in [-0.25, -0.2) is 0 Å². The molecule has 0 aromatic rings.